The smallest absolute Gasteiger partial charge is 0.222 e. The van der Waals surface area contributed by atoms with Crippen molar-refractivity contribution in [1.82, 2.24) is 14.5 Å². The predicted octanol–water partition coefficient (Wildman–Crippen LogP) is 4.05. The number of hydrogen-bond donors (Lipinski definition) is 1. The Morgan fingerprint density at radius 2 is 2.24 bits per heavy atom. The van der Waals surface area contributed by atoms with Crippen LogP contribution < -0.4 is 5.32 Å². The van der Waals surface area contributed by atoms with Crippen LogP contribution in [0.5, 0.6) is 0 Å². The quantitative estimate of drug-likeness (QED) is 0.685. The highest BCUT2D eigenvalue weighted by atomic mass is 16.5. The number of amides is 1. The van der Waals surface area contributed by atoms with Gasteiger partial charge in [0.25, 0.3) is 0 Å². The topological polar surface area (TPSA) is 69.0 Å². The van der Waals surface area contributed by atoms with Gasteiger partial charge in [-0.05, 0) is 37.3 Å². The molecule has 3 aromatic heterocycles. The minimum atomic E-state index is -0.143. The van der Waals surface area contributed by atoms with Crippen LogP contribution in [0, 0.1) is 5.92 Å². The normalized spacial score (nSPS) is 18.4. The Labute approximate surface area is 169 Å². The minimum Gasteiger partial charge on any atom is -0.380 e. The number of aromatic nitrogens is 3. The molecule has 1 saturated heterocycles. The van der Waals surface area contributed by atoms with E-state index < -0.39 is 0 Å². The van der Waals surface area contributed by atoms with Gasteiger partial charge >= 0.3 is 0 Å². The van der Waals surface area contributed by atoms with E-state index in [0.717, 1.165) is 27.9 Å². The largest absolute Gasteiger partial charge is 0.380 e. The summed E-state index contributed by atoms with van der Waals surface area (Å²) in [5.41, 5.74) is 7.10. The fourth-order valence-electron chi connectivity index (χ4n) is 3.80. The van der Waals surface area contributed by atoms with E-state index in [-0.39, 0.29) is 17.7 Å². The highest BCUT2D eigenvalue weighted by molar-refractivity contribution is 5.98. The molecular weight excluding hydrogens is 364 g/mol. The van der Waals surface area contributed by atoms with Crippen molar-refractivity contribution in [1.29, 1.82) is 0 Å². The number of fused-ring (bicyclic) bond motifs is 1. The molecule has 29 heavy (non-hydrogen) atoms. The third-order valence-corrected chi connectivity index (χ3v) is 5.21. The summed E-state index contributed by atoms with van der Waals surface area (Å²) in [5.74, 6) is 0.885. The number of hydrogen-bond acceptors (Lipinski definition) is 4. The van der Waals surface area contributed by atoms with Crippen LogP contribution in [-0.2, 0) is 16.6 Å². The summed E-state index contributed by atoms with van der Waals surface area (Å²) < 4.78 is 7.74. The first-order valence-electron chi connectivity index (χ1n) is 9.71. The van der Waals surface area contributed by atoms with Crippen molar-refractivity contribution in [3.8, 4) is 11.3 Å². The van der Waals surface area contributed by atoms with E-state index in [1.807, 2.05) is 42.8 Å². The van der Waals surface area contributed by atoms with E-state index in [1.165, 1.54) is 6.92 Å². The van der Waals surface area contributed by atoms with Gasteiger partial charge in [0, 0.05) is 48.6 Å². The average Bonchev–Trinajstić information content (AvgIpc) is 3.30. The van der Waals surface area contributed by atoms with E-state index in [4.69, 9.17) is 9.72 Å². The summed E-state index contributed by atoms with van der Waals surface area (Å²) in [4.78, 5) is 20.7. The van der Waals surface area contributed by atoms with E-state index in [1.54, 1.807) is 6.20 Å². The molecule has 1 N–H and O–H groups in total. The molecule has 0 spiro atoms. The van der Waals surface area contributed by atoms with Gasteiger partial charge in [-0.2, -0.15) is 0 Å². The van der Waals surface area contributed by atoms with Gasteiger partial charge in [0.1, 0.15) is 5.82 Å². The van der Waals surface area contributed by atoms with Crippen molar-refractivity contribution < 1.29 is 9.53 Å². The van der Waals surface area contributed by atoms with Gasteiger partial charge in [-0.25, -0.2) is 4.98 Å². The van der Waals surface area contributed by atoms with Gasteiger partial charge in [-0.1, -0.05) is 6.07 Å². The molecule has 1 amide bonds. The van der Waals surface area contributed by atoms with Crippen LogP contribution >= 0.6 is 0 Å². The second kappa shape index (κ2) is 8.03. The second-order valence-electron chi connectivity index (χ2n) is 7.30. The van der Waals surface area contributed by atoms with E-state index >= 15 is 0 Å². The lowest BCUT2D eigenvalue weighted by Crippen LogP contribution is -2.10. The molecule has 6 nitrogen and oxygen atoms in total. The van der Waals surface area contributed by atoms with Crippen molar-refractivity contribution in [3.63, 3.8) is 0 Å². The summed E-state index contributed by atoms with van der Waals surface area (Å²) in [7, 11) is 1.98. The molecule has 0 aliphatic carbocycles. The summed E-state index contributed by atoms with van der Waals surface area (Å²) in [6, 6.07) is 8.02. The fraction of sp³-hybridized carbons (Fsp3) is 0.304. The lowest BCUT2D eigenvalue weighted by Gasteiger charge is -2.14. The number of carbonyl (C=O) groups excluding carboxylic acids is 1. The van der Waals surface area contributed by atoms with E-state index in [0.29, 0.717) is 19.0 Å². The first kappa shape index (κ1) is 19.1. The molecular formula is C23H24N4O2. The fourth-order valence-corrected chi connectivity index (χ4v) is 3.80. The lowest BCUT2D eigenvalue weighted by molar-refractivity contribution is -0.114. The lowest BCUT2D eigenvalue weighted by atomic mass is 9.92. The van der Waals surface area contributed by atoms with Crippen molar-refractivity contribution in [2.45, 2.75) is 19.8 Å². The predicted molar refractivity (Wildman–Crippen MR) is 114 cm³/mol. The van der Waals surface area contributed by atoms with Crippen LogP contribution in [0.4, 0.5) is 5.82 Å². The van der Waals surface area contributed by atoms with Crippen molar-refractivity contribution >= 4 is 22.6 Å². The van der Waals surface area contributed by atoms with Crippen LogP contribution in [-0.4, -0.2) is 33.7 Å². The maximum atomic E-state index is 11.4. The molecule has 0 radical (unpaired) electrons. The molecule has 4 heterocycles. The zero-order chi connectivity index (χ0) is 20.4. The molecule has 4 rings (SSSR count). The SMILES string of the molecule is CC=C=CC1COCC1c1cccc(-c2cn(C)c3cnc(NC(C)=O)cc23)n1. The number of nitrogens with zero attached hydrogens (tertiary/aromatic N) is 3. The summed E-state index contributed by atoms with van der Waals surface area (Å²) in [5, 5.41) is 3.76. The van der Waals surface area contributed by atoms with Crippen LogP contribution in [0.1, 0.15) is 25.5 Å². The number of carbonyl (C=O) groups is 1. The summed E-state index contributed by atoms with van der Waals surface area (Å²) >= 11 is 0. The molecule has 148 valence electrons. The number of pyridine rings is 2. The molecule has 0 saturated carbocycles. The monoisotopic (exact) mass is 388 g/mol. The Hall–Kier alpha value is -3.21. The highest BCUT2D eigenvalue weighted by Gasteiger charge is 2.29. The van der Waals surface area contributed by atoms with Crippen LogP contribution in [0.2, 0.25) is 0 Å². The average molecular weight is 388 g/mol. The zero-order valence-electron chi connectivity index (χ0n) is 16.8. The standard InChI is InChI=1S/C23H24N4O2/c1-4-5-7-16-13-29-14-19(16)21-9-6-8-20(26-21)18-12-27(3)22-11-24-23(10-17(18)22)25-15(2)28/h4,6-12,16,19H,13-14H2,1-3H3,(H,24,25,28). The first-order valence-corrected chi connectivity index (χ1v) is 9.71. The van der Waals surface area contributed by atoms with Gasteiger partial charge in [0.15, 0.2) is 0 Å². The first-order chi connectivity index (χ1) is 14.1. The molecule has 1 fully saturated rings. The van der Waals surface area contributed by atoms with Gasteiger partial charge in [-0.15, -0.1) is 5.73 Å². The van der Waals surface area contributed by atoms with Gasteiger partial charge in [0.05, 0.1) is 30.6 Å². The van der Waals surface area contributed by atoms with Crippen molar-refractivity contribution in [2.75, 3.05) is 18.5 Å². The number of anilines is 1. The molecule has 1 aliphatic heterocycles. The van der Waals surface area contributed by atoms with Crippen LogP contribution in [0.3, 0.4) is 0 Å². The maximum absolute atomic E-state index is 11.4. The van der Waals surface area contributed by atoms with Crippen LogP contribution in [0.15, 0.2) is 54.5 Å². The minimum absolute atomic E-state index is 0.143. The number of aryl methyl sites for hydroxylation is 1. The Kier molecular flexibility index (Phi) is 5.30. The maximum Gasteiger partial charge on any atom is 0.222 e. The van der Waals surface area contributed by atoms with E-state index in [2.05, 4.69) is 34.4 Å². The summed E-state index contributed by atoms with van der Waals surface area (Å²) in [6.07, 6.45) is 7.82. The number of ether oxygens (including phenoxy) is 1. The molecule has 2 unspecified atom stereocenters. The third kappa shape index (κ3) is 3.86. The molecule has 6 heteroatoms. The molecule has 2 atom stereocenters. The second-order valence-corrected chi connectivity index (χ2v) is 7.30. The Balaban J connectivity index is 1.75. The summed E-state index contributed by atoms with van der Waals surface area (Å²) in [6.45, 7) is 4.79. The van der Waals surface area contributed by atoms with Crippen molar-refractivity contribution in [2.24, 2.45) is 13.0 Å². The Bertz CT molecular complexity index is 1130. The zero-order valence-corrected chi connectivity index (χ0v) is 16.8. The molecule has 1 aliphatic rings. The van der Waals surface area contributed by atoms with E-state index in [9.17, 15) is 4.79 Å². The Morgan fingerprint density at radius 1 is 1.38 bits per heavy atom. The van der Waals surface area contributed by atoms with Gasteiger partial charge in [-0.3, -0.25) is 9.78 Å². The highest BCUT2D eigenvalue weighted by Crippen LogP contribution is 2.34. The molecule has 3 aromatic rings. The third-order valence-electron chi connectivity index (χ3n) is 5.21. The Morgan fingerprint density at radius 3 is 3.03 bits per heavy atom. The van der Waals surface area contributed by atoms with Gasteiger partial charge in [0.2, 0.25) is 5.91 Å². The van der Waals surface area contributed by atoms with Crippen LogP contribution in [0.25, 0.3) is 22.2 Å². The number of rotatable bonds is 4. The molecule has 0 bridgehead atoms. The number of nitrogens with one attached hydrogen (secondary N) is 1. The van der Waals surface area contributed by atoms with Crippen molar-refractivity contribution in [3.05, 3.63) is 60.2 Å². The molecule has 0 aromatic carbocycles. The van der Waals surface area contributed by atoms with Gasteiger partial charge < -0.3 is 14.6 Å².